The highest BCUT2D eigenvalue weighted by Crippen LogP contribution is 2.37. The average Bonchev–Trinajstić information content (AvgIpc) is 2.28. The van der Waals surface area contributed by atoms with Crippen molar-refractivity contribution in [1.29, 1.82) is 0 Å². The highest BCUT2D eigenvalue weighted by molar-refractivity contribution is 5.73. The Morgan fingerprint density at radius 3 is 2.21 bits per heavy atom. The number of carbonyl (C=O) groups excluding carboxylic acids is 1. The third kappa shape index (κ3) is 2.18. The first kappa shape index (κ1) is 11.3. The number of nitrogens with one attached hydrogen (secondary N) is 1. The molecule has 1 saturated heterocycles. The van der Waals surface area contributed by atoms with Gasteiger partial charge in [0.25, 0.3) is 0 Å². The van der Waals surface area contributed by atoms with Crippen molar-refractivity contribution >= 4 is 6.03 Å². The van der Waals surface area contributed by atoms with Gasteiger partial charge in [-0.25, -0.2) is 10.6 Å². The molecule has 0 spiro atoms. The van der Waals surface area contributed by atoms with Crippen LogP contribution in [-0.2, 0) is 0 Å². The molecule has 1 aliphatic rings. The predicted molar refractivity (Wildman–Crippen MR) is 56.5 cm³/mol. The zero-order valence-electron chi connectivity index (χ0n) is 9.18. The summed E-state index contributed by atoms with van der Waals surface area (Å²) in [7, 11) is 0. The van der Waals surface area contributed by atoms with Crippen molar-refractivity contribution in [2.24, 2.45) is 11.3 Å². The molecule has 0 aromatic heterocycles. The molecule has 1 aliphatic heterocycles. The summed E-state index contributed by atoms with van der Waals surface area (Å²) < 4.78 is 0. The molecule has 0 aromatic rings. The van der Waals surface area contributed by atoms with E-state index in [0.29, 0.717) is 5.41 Å². The Hall–Kier alpha value is -0.770. The second-order valence-electron chi connectivity index (χ2n) is 4.14. The normalized spacial score (nSPS) is 20.6. The lowest BCUT2D eigenvalue weighted by molar-refractivity contribution is 0.109. The second-order valence-corrected chi connectivity index (χ2v) is 4.14. The van der Waals surface area contributed by atoms with Gasteiger partial charge in [-0.1, -0.05) is 26.7 Å². The fraction of sp³-hybridized carbons (Fsp3) is 0.900. The van der Waals surface area contributed by atoms with E-state index in [2.05, 4.69) is 19.3 Å². The van der Waals surface area contributed by atoms with Crippen molar-refractivity contribution in [3.05, 3.63) is 0 Å². The number of hydrazine groups is 1. The first-order chi connectivity index (χ1) is 6.67. The summed E-state index contributed by atoms with van der Waals surface area (Å²) in [6.45, 7) is 6.15. The predicted octanol–water partition coefficient (Wildman–Crippen LogP) is 1.47. The summed E-state index contributed by atoms with van der Waals surface area (Å²) in [5.74, 6) is 5.09. The molecule has 4 nitrogen and oxygen atoms in total. The molecule has 0 radical (unpaired) electrons. The molecule has 1 rings (SSSR count). The Morgan fingerprint density at radius 1 is 1.36 bits per heavy atom. The quantitative estimate of drug-likeness (QED) is 0.402. The molecule has 3 N–H and O–H groups in total. The molecule has 0 aliphatic carbocycles. The summed E-state index contributed by atoms with van der Waals surface area (Å²) in [5, 5.41) is 0. The summed E-state index contributed by atoms with van der Waals surface area (Å²) in [5.41, 5.74) is 2.65. The molecule has 0 bridgehead atoms. The van der Waals surface area contributed by atoms with E-state index in [9.17, 15) is 4.79 Å². The number of rotatable bonds is 2. The third-order valence-corrected chi connectivity index (χ3v) is 3.73. The number of urea groups is 1. The maximum Gasteiger partial charge on any atom is 0.331 e. The van der Waals surface area contributed by atoms with Crippen molar-refractivity contribution in [2.45, 2.75) is 39.5 Å². The number of carbonyl (C=O) groups is 1. The maximum absolute atomic E-state index is 11.2. The molecule has 0 saturated carbocycles. The van der Waals surface area contributed by atoms with Crippen LogP contribution in [0.5, 0.6) is 0 Å². The number of likely N-dealkylation sites (tertiary alicyclic amines) is 1. The number of nitrogens with zero attached hydrogens (tertiary/aromatic N) is 1. The van der Waals surface area contributed by atoms with Gasteiger partial charge in [-0.2, -0.15) is 0 Å². The monoisotopic (exact) mass is 199 g/mol. The van der Waals surface area contributed by atoms with Crippen LogP contribution in [-0.4, -0.2) is 24.0 Å². The van der Waals surface area contributed by atoms with Crippen molar-refractivity contribution in [3.8, 4) is 0 Å². The Morgan fingerprint density at radius 2 is 1.86 bits per heavy atom. The number of piperidine rings is 1. The highest BCUT2D eigenvalue weighted by Gasteiger charge is 2.32. The van der Waals surface area contributed by atoms with Gasteiger partial charge in [0, 0.05) is 13.1 Å². The molecule has 1 fully saturated rings. The lowest BCUT2D eigenvalue weighted by Gasteiger charge is -2.40. The molecule has 0 atom stereocenters. The van der Waals surface area contributed by atoms with Crippen LogP contribution in [0.25, 0.3) is 0 Å². The zero-order valence-corrected chi connectivity index (χ0v) is 9.18. The topological polar surface area (TPSA) is 58.4 Å². The fourth-order valence-corrected chi connectivity index (χ4v) is 2.23. The minimum atomic E-state index is -0.147. The summed E-state index contributed by atoms with van der Waals surface area (Å²) in [6, 6.07) is -0.147. The maximum atomic E-state index is 11.2. The largest absolute Gasteiger partial charge is 0.331 e. The van der Waals surface area contributed by atoms with Gasteiger partial charge < -0.3 is 4.90 Å². The van der Waals surface area contributed by atoms with E-state index in [1.165, 1.54) is 12.8 Å². The van der Waals surface area contributed by atoms with Crippen molar-refractivity contribution < 1.29 is 4.79 Å². The number of hydrogen-bond acceptors (Lipinski definition) is 2. The third-order valence-electron chi connectivity index (χ3n) is 3.73. The minimum Gasteiger partial charge on any atom is -0.324 e. The van der Waals surface area contributed by atoms with E-state index in [4.69, 9.17) is 5.84 Å². The molecule has 14 heavy (non-hydrogen) atoms. The minimum absolute atomic E-state index is 0.147. The number of amides is 2. The summed E-state index contributed by atoms with van der Waals surface area (Å²) in [4.78, 5) is 13.0. The van der Waals surface area contributed by atoms with Gasteiger partial charge in [0.15, 0.2) is 0 Å². The Kier molecular flexibility index (Phi) is 3.75. The molecule has 82 valence electrons. The van der Waals surface area contributed by atoms with Crippen LogP contribution in [0.1, 0.15) is 39.5 Å². The van der Waals surface area contributed by atoms with E-state index >= 15 is 0 Å². The van der Waals surface area contributed by atoms with E-state index in [1.54, 1.807) is 4.90 Å². The molecule has 2 amide bonds. The second kappa shape index (κ2) is 4.64. The SMILES string of the molecule is CCC1(CC)CCN(C(=O)NN)CC1. The summed E-state index contributed by atoms with van der Waals surface area (Å²) >= 11 is 0. The smallest absolute Gasteiger partial charge is 0.324 e. The Bertz CT molecular complexity index is 192. The van der Waals surface area contributed by atoms with E-state index in [1.807, 2.05) is 0 Å². The summed E-state index contributed by atoms with van der Waals surface area (Å²) in [6.07, 6.45) is 4.63. The van der Waals surface area contributed by atoms with E-state index in [-0.39, 0.29) is 6.03 Å². The van der Waals surface area contributed by atoms with Crippen LogP contribution < -0.4 is 11.3 Å². The number of nitrogens with two attached hydrogens (primary N) is 1. The lowest BCUT2D eigenvalue weighted by atomic mass is 9.74. The molecule has 4 heteroatoms. The van der Waals surface area contributed by atoms with Crippen LogP contribution in [0.4, 0.5) is 4.79 Å². The fourth-order valence-electron chi connectivity index (χ4n) is 2.23. The van der Waals surface area contributed by atoms with Gasteiger partial charge >= 0.3 is 6.03 Å². The van der Waals surface area contributed by atoms with Gasteiger partial charge in [-0.05, 0) is 18.3 Å². The highest BCUT2D eigenvalue weighted by atomic mass is 16.2. The van der Waals surface area contributed by atoms with Crippen molar-refractivity contribution in [3.63, 3.8) is 0 Å². The first-order valence-electron chi connectivity index (χ1n) is 5.43. The van der Waals surface area contributed by atoms with Crippen LogP contribution in [0, 0.1) is 5.41 Å². The van der Waals surface area contributed by atoms with Crippen LogP contribution >= 0.6 is 0 Å². The molecular formula is C10H21N3O. The molecule has 1 heterocycles. The number of hydrogen-bond donors (Lipinski definition) is 2. The van der Waals surface area contributed by atoms with Crippen LogP contribution in [0.3, 0.4) is 0 Å². The molecule has 0 aromatic carbocycles. The zero-order chi connectivity index (χ0) is 10.6. The Balaban J connectivity index is 2.48. The van der Waals surface area contributed by atoms with Gasteiger partial charge in [0.05, 0.1) is 0 Å². The van der Waals surface area contributed by atoms with Gasteiger partial charge in [0.1, 0.15) is 0 Å². The molecular weight excluding hydrogens is 178 g/mol. The molecule has 0 unspecified atom stereocenters. The van der Waals surface area contributed by atoms with E-state index in [0.717, 1.165) is 25.9 Å². The lowest BCUT2D eigenvalue weighted by Crippen LogP contribution is -2.49. The van der Waals surface area contributed by atoms with Gasteiger partial charge in [-0.15, -0.1) is 0 Å². The average molecular weight is 199 g/mol. The van der Waals surface area contributed by atoms with Gasteiger partial charge in [-0.3, -0.25) is 5.43 Å². The van der Waals surface area contributed by atoms with Crippen molar-refractivity contribution in [1.82, 2.24) is 10.3 Å². The Labute approximate surface area is 85.8 Å². The van der Waals surface area contributed by atoms with Crippen molar-refractivity contribution in [2.75, 3.05) is 13.1 Å². The van der Waals surface area contributed by atoms with Crippen LogP contribution in [0.15, 0.2) is 0 Å². The van der Waals surface area contributed by atoms with Crippen LogP contribution in [0.2, 0.25) is 0 Å². The van der Waals surface area contributed by atoms with Gasteiger partial charge in [0.2, 0.25) is 0 Å². The first-order valence-corrected chi connectivity index (χ1v) is 5.43. The van der Waals surface area contributed by atoms with E-state index < -0.39 is 0 Å². The standard InChI is InChI=1S/C10H21N3O/c1-3-10(4-2)5-7-13(8-6-10)9(14)12-11/h3-8,11H2,1-2H3,(H,12,14).